The molecule has 21 heavy (non-hydrogen) atoms. The average Bonchev–Trinajstić information content (AvgIpc) is 3.19. The van der Waals surface area contributed by atoms with Gasteiger partial charge in [-0.3, -0.25) is 0 Å². The quantitative estimate of drug-likeness (QED) is 0.758. The fourth-order valence-electron chi connectivity index (χ4n) is 2.02. The molecule has 7 heteroatoms. The maximum absolute atomic E-state index is 6.21. The number of rotatable bonds is 4. The number of aromatic amines is 1. The Balaban J connectivity index is 1.96. The van der Waals surface area contributed by atoms with Gasteiger partial charge in [-0.25, -0.2) is 9.67 Å². The second kappa shape index (κ2) is 5.10. The molecule has 0 aliphatic heterocycles. The van der Waals surface area contributed by atoms with Gasteiger partial charge in [0.1, 0.15) is 12.2 Å². The molecular weight excluding hydrogens is 266 g/mol. The minimum atomic E-state index is -0.453. The van der Waals surface area contributed by atoms with Gasteiger partial charge in [-0.1, -0.05) is 19.1 Å². The van der Waals surface area contributed by atoms with Crippen LogP contribution in [0.15, 0.2) is 36.8 Å². The van der Waals surface area contributed by atoms with Crippen molar-refractivity contribution in [1.29, 1.82) is 0 Å². The summed E-state index contributed by atoms with van der Waals surface area (Å²) in [5.41, 5.74) is 8.58. The van der Waals surface area contributed by atoms with Crippen LogP contribution in [0.25, 0.3) is 16.9 Å². The van der Waals surface area contributed by atoms with Gasteiger partial charge in [-0.2, -0.15) is 0 Å². The zero-order valence-corrected chi connectivity index (χ0v) is 12.0. The molecule has 1 aromatic carbocycles. The fraction of sp³-hybridized carbons (Fsp3) is 0.286. The van der Waals surface area contributed by atoms with Gasteiger partial charge in [0.2, 0.25) is 0 Å². The first-order valence-corrected chi connectivity index (χ1v) is 6.78. The molecule has 2 aromatic heterocycles. The standard InChI is InChI=1S/C14H17N7/c1-3-14(2,15)13-16-8-12(18-13)10-5-4-6-11(7-10)21-9-17-19-20-21/h4-9H,3,15H2,1-2H3,(H,16,18). The molecule has 0 amide bonds. The molecule has 0 fully saturated rings. The lowest BCUT2D eigenvalue weighted by Gasteiger charge is -2.19. The van der Waals surface area contributed by atoms with Crippen LogP contribution in [0.3, 0.4) is 0 Å². The largest absolute Gasteiger partial charge is 0.340 e. The summed E-state index contributed by atoms with van der Waals surface area (Å²) in [5.74, 6) is 0.785. The van der Waals surface area contributed by atoms with E-state index < -0.39 is 5.54 Å². The lowest BCUT2D eigenvalue weighted by molar-refractivity contribution is 0.450. The molecule has 0 aliphatic carbocycles. The first kappa shape index (κ1) is 13.4. The molecular formula is C14H17N7. The maximum Gasteiger partial charge on any atom is 0.143 e. The Morgan fingerprint density at radius 3 is 2.95 bits per heavy atom. The molecule has 108 valence electrons. The van der Waals surface area contributed by atoms with Crippen molar-refractivity contribution >= 4 is 0 Å². The van der Waals surface area contributed by atoms with Gasteiger partial charge in [-0.15, -0.1) is 5.10 Å². The second-order valence-corrected chi connectivity index (χ2v) is 5.22. The third-order valence-corrected chi connectivity index (χ3v) is 3.62. The highest BCUT2D eigenvalue weighted by molar-refractivity contribution is 5.61. The summed E-state index contributed by atoms with van der Waals surface area (Å²) in [5, 5.41) is 11.2. The molecule has 3 N–H and O–H groups in total. The van der Waals surface area contributed by atoms with Crippen molar-refractivity contribution in [3.05, 3.63) is 42.6 Å². The van der Waals surface area contributed by atoms with Crippen LogP contribution in [0, 0.1) is 0 Å². The van der Waals surface area contributed by atoms with Gasteiger partial charge in [0.15, 0.2) is 0 Å². The van der Waals surface area contributed by atoms with Gasteiger partial charge >= 0.3 is 0 Å². The van der Waals surface area contributed by atoms with Crippen molar-refractivity contribution in [3.8, 4) is 16.9 Å². The Labute approximate surface area is 122 Å². The molecule has 0 saturated heterocycles. The van der Waals surface area contributed by atoms with Crippen LogP contribution in [-0.4, -0.2) is 30.2 Å². The van der Waals surface area contributed by atoms with Crippen molar-refractivity contribution in [1.82, 2.24) is 30.2 Å². The molecule has 0 bridgehead atoms. The first-order chi connectivity index (χ1) is 10.1. The monoisotopic (exact) mass is 283 g/mol. The van der Waals surface area contributed by atoms with Gasteiger partial charge < -0.3 is 10.7 Å². The third-order valence-electron chi connectivity index (χ3n) is 3.62. The minimum Gasteiger partial charge on any atom is -0.340 e. The topological polar surface area (TPSA) is 98.3 Å². The second-order valence-electron chi connectivity index (χ2n) is 5.22. The molecule has 3 rings (SSSR count). The van der Waals surface area contributed by atoms with E-state index in [4.69, 9.17) is 5.73 Å². The van der Waals surface area contributed by atoms with E-state index in [9.17, 15) is 0 Å². The summed E-state index contributed by atoms with van der Waals surface area (Å²) in [4.78, 5) is 7.70. The van der Waals surface area contributed by atoms with E-state index in [1.165, 1.54) is 0 Å². The fourth-order valence-corrected chi connectivity index (χ4v) is 2.02. The zero-order chi connectivity index (χ0) is 14.9. The number of nitrogens with zero attached hydrogens (tertiary/aromatic N) is 5. The van der Waals surface area contributed by atoms with Crippen LogP contribution in [0.4, 0.5) is 0 Å². The van der Waals surface area contributed by atoms with E-state index in [1.54, 1.807) is 17.2 Å². The minimum absolute atomic E-state index is 0.453. The average molecular weight is 283 g/mol. The van der Waals surface area contributed by atoms with Gasteiger partial charge in [0, 0.05) is 5.56 Å². The lowest BCUT2D eigenvalue weighted by atomic mass is 10.00. The van der Waals surface area contributed by atoms with Crippen LogP contribution in [0.5, 0.6) is 0 Å². The lowest BCUT2D eigenvalue weighted by Crippen LogP contribution is -2.33. The summed E-state index contributed by atoms with van der Waals surface area (Å²) >= 11 is 0. The maximum atomic E-state index is 6.21. The highest BCUT2D eigenvalue weighted by Gasteiger charge is 2.22. The van der Waals surface area contributed by atoms with E-state index in [2.05, 4.69) is 25.5 Å². The Morgan fingerprint density at radius 1 is 1.38 bits per heavy atom. The van der Waals surface area contributed by atoms with Crippen LogP contribution in [0.2, 0.25) is 0 Å². The normalized spacial score (nSPS) is 14.0. The van der Waals surface area contributed by atoms with Gasteiger partial charge in [0.25, 0.3) is 0 Å². The van der Waals surface area contributed by atoms with Crippen molar-refractivity contribution in [3.63, 3.8) is 0 Å². The Hall–Kier alpha value is -2.54. The van der Waals surface area contributed by atoms with Crippen LogP contribution >= 0.6 is 0 Å². The number of aromatic nitrogens is 6. The molecule has 1 unspecified atom stereocenters. The van der Waals surface area contributed by atoms with Crippen molar-refractivity contribution in [2.75, 3.05) is 0 Å². The SMILES string of the molecule is CCC(C)(N)c1ncc(-c2cccc(-n3cnnn3)c2)[nH]1. The van der Waals surface area contributed by atoms with Crippen molar-refractivity contribution in [2.24, 2.45) is 5.73 Å². The molecule has 2 heterocycles. The van der Waals surface area contributed by atoms with Gasteiger partial charge in [0.05, 0.1) is 23.1 Å². The third kappa shape index (κ3) is 2.55. The highest BCUT2D eigenvalue weighted by atomic mass is 15.5. The molecule has 0 aliphatic rings. The molecule has 0 saturated carbocycles. The van der Waals surface area contributed by atoms with Gasteiger partial charge in [-0.05, 0) is 35.9 Å². The van der Waals surface area contributed by atoms with E-state index in [-0.39, 0.29) is 0 Å². The van der Waals surface area contributed by atoms with E-state index in [1.807, 2.05) is 38.1 Å². The van der Waals surface area contributed by atoms with Crippen LogP contribution in [-0.2, 0) is 5.54 Å². The number of imidazole rings is 1. The summed E-state index contributed by atoms with van der Waals surface area (Å²) < 4.78 is 1.61. The predicted octanol–water partition coefficient (Wildman–Crippen LogP) is 1.64. The highest BCUT2D eigenvalue weighted by Crippen LogP contribution is 2.24. The molecule has 7 nitrogen and oxygen atoms in total. The van der Waals surface area contributed by atoms with Crippen molar-refractivity contribution in [2.45, 2.75) is 25.8 Å². The number of benzene rings is 1. The summed E-state index contributed by atoms with van der Waals surface area (Å²) in [6.45, 7) is 4.01. The zero-order valence-electron chi connectivity index (χ0n) is 12.0. The molecule has 0 spiro atoms. The summed E-state index contributed by atoms with van der Waals surface area (Å²) in [6, 6.07) is 7.89. The number of nitrogens with one attached hydrogen (secondary N) is 1. The van der Waals surface area contributed by atoms with Crippen molar-refractivity contribution < 1.29 is 0 Å². The Kier molecular flexibility index (Phi) is 3.26. The first-order valence-electron chi connectivity index (χ1n) is 6.78. The Morgan fingerprint density at radius 2 is 2.24 bits per heavy atom. The predicted molar refractivity (Wildman–Crippen MR) is 78.6 cm³/mol. The van der Waals surface area contributed by atoms with E-state index >= 15 is 0 Å². The number of nitrogens with two attached hydrogens (primary N) is 1. The molecule has 0 radical (unpaired) electrons. The number of tetrazole rings is 1. The smallest absolute Gasteiger partial charge is 0.143 e. The Bertz CT molecular complexity index is 727. The van der Waals surface area contributed by atoms with E-state index in [0.717, 1.165) is 29.2 Å². The number of hydrogen-bond donors (Lipinski definition) is 2. The number of hydrogen-bond acceptors (Lipinski definition) is 5. The summed E-state index contributed by atoms with van der Waals surface area (Å²) in [6.07, 6.45) is 4.17. The van der Waals surface area contributed by atoms with Crippen LogP contribution < -0.4 is 5.73 Å². The van der Waals surface area contributed by atoms with E-state index in [0.29, 0.717) is 0 Å². The molecule has 1 atom stereocenters. The number of H-pyrrole nitrogens is 1. The summed E-state index contributed by atoms with van der Waals surface area (Å²) in [7, 11) is 0. The van der Waals surface area contributed by atoms with Crippen LogP contribution in [0.1, 0.15) is 26.1 Å². The molecule has 3 aromatic rings.